The Bertz CT molecular complexity index is 456. The van der Waals surface area contributed by atoms with Gasteiger partial charge in [-0.15, -0.1) is 0 Å². The molecule has 0 N–H and O–H groups in total. The summed E-state index contributed by atoms with van der Waals surface area (Å²) < 4.78 is 13.5. The highest BCUT2D eigenvalue weighted by atomic mass is 79.9. The fourth-order valence-electron chi connectivity index (χ4n) is 1.43. The molecule has 0 aromatic heterocycles. The quantitative estimate of drug-likeness (QED) is 0.858. The number of hydrogen-bond donors (Lipinski definition) is 0. The highest BCUT2D eigenvalue weighted by molar-refractivity contribution is 9.10. The average Bonchev–Trinajstić information content (AvgIpc) is 2.33. The van der Waals surface area contributed by atoms with Crippen molar-refractivity contribution < 1.29 is 9.18 Å². The molecule has 1 aromatic carbocycles. The standard InChI is InChI=1S/C12H12BrFN2O/c1-2-16(8-4-7-15)12(17)9-5-3-6-10(14)11(9)13/h3,5-6H,2,4,8H2,1H3. The molecule has 0 saturated heterocycles. The number of nitriles is 1. The topological polar surface area (TPSA) is 44.1 Å². The van der Waals surface area contributed by atoms with Crippen LogP contribution < -0.4 is 0 Å². The average molecular weight is 299 g/mol. The van der Waals surface area contributed by atoms with Crippen LogP contribution in [0.25, 0.3) is 0 Å². The second-order valence-electron chi connectivity index (χ2n) is 3.39. The molecule has 0 aliphatic carbocycles. The summed E-state index contributed by atoms with van der Waals surface area (Å²) in [6.45, 7) is 2.67. The summed E-state index contributed by atoms with van der Waals surface area (Å²) in [5, 5.41) is 8.50. The van der Waals surface area contributed by atoms with Crippen molar-refractivity contribution in [3.05, 3.63) is 34.1 Å². The third kappa shape index (κ3) is 3.27. The van der Waals surface area contributed by atoms with Crippen LogP contribution in [0.5, 0.6) is 0 Å². The number of hydrogen-bond acceptors (Lipinski definition) is 2. The van der Waals surface area contributed by atoms with Gasteiger partial charge in [-0.3, -0.25) is 4.79 Å². The van der Waals surface area contributed by atoms with Crippen LogP contribution in [0.3, 0.4) is 0 Å². The molecule has 0 radical (unpaired) electrons. The van der Waals surface area contributed by atoms with Gasteiger partial charge in [-0.05, 0) is 35.0 Å². The van der Waals surface area contributed by atoms with Crippen molar-refractivity contribution in [1.29, 1.82) is 5.26 Å². The zero-order chi connectivity index (χ0) is 12.8. The van der Waals surface area contributed by atoms with Gasteiger partial charge in [0.15, 0.2) is 0 Å². The highest BCUT2D eigenvalue weighted by Crippen LogP contribution is 2.21. The molecule has 0 atom stereocenters. The highest BCUT2D eigenvalue weighted by Gasteiger charge is 2.18. The molecule has 90 valence electrons. The summed E-state index contributed by atoms with van der Waals surface area (Å²) >= 11 is 3.06. The predicted octanol–water partition coefficient (Wildman–Crippen LogP) is 2.96. The lowest BCUT2D eigenvalue weighted by Crippen LogP contribution is -2.32. The first-order chi connectivity index (χ1) is 8.11. The van der Waals surface area contributed by atoms with Crippen LogP contribution in [0.4, 0.5) is 4.39 Å². The Hall–Kier alpha value is -1.41. The molecule has 0 aliphatic heterocycles. The molecule has 0 spiro atoms. The van der Waals surface area contributed by atoms with E-state index >= 15 is 0 Å². The Kier molecular flexibility index (Phi) is 5.11. The van der Waals surface area contributed by atoms with Gasteiger partial charge in [0.1, 0.15) is 5.82 Å². The minimum Gasteiger partial charge on any atom is -0.338 e. The van der Waals surface area contributed by atoms with E-state index in [1.54, 1.807) is 6.07 Å². The Labute approximate surface area is 108 Å². The Morgan fingerprint density at radius 3 is 2.88 bits per heavy atom. The van der Waals surface area contributed by atoms with E-state index in [-0.39, 0.29) is 22.4 Å². The number of nitrogens with zero attached hydrogens (tertiary/aromatic N) is 2. The summed E-state index contributed by atoms with van der Waals surface area (Å²) in [6.07, 6.45) is 0.270. The van der Waals surface area contributed by atoms with Crippen LogP contribution in [0, 0.1) is 17.1 Å². The van der Waals surface area contributed by atoms with Gasteiger partial charge in [-0.25, -0.2) is 4.39 Å². The van der Waals surface area contributed by atoms with Crippen LogP contribution in [0.2, 0.25) is 0 Å². The maximum absolute atomic E-state index is 13.3. The van der Waals surface area contributed by atoms with Crippen molar-refractivity contribution in [1.82, 2.24) is 4.90 Å². The molecule has 0 saturated carbocycles. The number of rotatable bonds is 4. The molecular weight excluding hydrogens is 287 g/mol. The zero-order valence-electron chi connectivity index (χ0n) is 9.41. The lowest BCUT2D eigenvalue weighted by molar-refractivity contribution is 0.0766. The van der Waals surface area contributed by atoms with E-state index in [1.807, 2.05) is 13.0 Å². The maximum Gasteiger partial charge on any atom is 0.255 e. The number of carbonyl (C=O) groups is 1. The Balaban J connectivity index is 2.94. The van der Waals surface area contributed by atoms with E-state index in [4.69, 9.17) is 5.26 Å². The predicted molar refractivity (Wildman–Crippen MR) is 65.9 cm³/mol. The van der Waals surface area contributed by atoms with E-state index in [9.17, 15) is 9.18 Å². The lowest BCUT2D eigenvalue weighted by Gasteiger charge is -2.20. The Morgan fingerprint density at radius 1 is 1.59 bits per heavy atom. The van der Waals surface area contributed by atoms with Gasteiger partial charge in [0, 0.05) is 13.1 Å². The lowest BCUT2D eigenvalue weighted by atomic mass is 10.2. The van der Waals surface area contributed by atoms with Crippen LogP contribution >= 0.6 is 15.9 Å². The fourth-order valence-corrected chi connectivity index (χ4v) is 1.86. The smallest absolute Gasteiger partial charge is 0.255 e. The maximum atomic E-state index is 13.3. The number of carbonyl (C=O) groups excluding carboxylic acids is 1. The molecule has 0 aliphatic rings. The number of amides is 1. The van der Waals surface area contributed by atoms with Gasteiger partial charge in [0.2, 0.25) is 0 Å². The first-order valence-corrected chi connectivity index (χ1v) is 6.01. The van der Waals surface area contributed by atoms with E-state index in [2.05, 4.69) is 15.9 Å². The minimum absolute atomic E-state index is 0.167. The molecule has 1 amide bonds. The largest absolute Gasteiger partial charge is 0.338 e. The van der Waals surface area contributed by atoms with Crippen LogP contribution in [0.15, 0.2) is 22.7 Å². The summed E-state index contributed by atoms with van der Waals surface area (Å²) in [6, 6.07) is 6.32. The van der Waals surface area contributed by atoms with Crippen molar-refractivity contribution in [3.8, 4) is 6.07 Å². The summed E-state index contributed by atoms with van der Waals surface area (Å²) in [5.41, 5.74) is 0.282. The third-order valence-electron chi connectivity index (χ3n) is 2.34. The van der Waals surface area contributed by atoms with Gasteiger partial charge in [-0.1, -0.05) is 6.07 Å². The van der Waals surface area contributed by atoms with Gasteiger partial charge in [-0.2, -0.15) is 5.26 Å². The van der Waals surface area contributed by atoms with Crippen LogP contribution in [-0.2, 0) is 0 Å². The van der Waals surface area contributed by atoms with Gasteiger partial charge >= 0.3 is 0 Å². The molecular formula is C12H12BrFN2O. The SMILES string of the molecule is CCN(CCC#N)C(=O)c1cccc(F)c1Br. The van der Waals surface area contributed by atoms with Crippen molar-refractivity contribution >= 4 is 21.8 Å². The van der Waals surface area contributed by atoms with E-state index < -0.39 is 5.82 Å². The van der Waals surface area contributed by atoms with Crippen molar-refractivity contribution in [2.45, 2.75) is 13.3 Å². The molecule has 3 nitrogen and oxygen atoms in total. The first-order valence-electron chi connectivity index (χ1n) is 5.22. The Morgan fingerprint density at radius 2 is 2.29 bits per heavy atom. The number of benzene rings is 1. The van der Waals surface area contributed by atoms with Gasteiger partial charge < -0.3 is 4.90 Å². The van der Waals surface area contributed by atoms with Gasteiger partial charge in [0.25, 0.3) is 5.91 Å². The van der Waals surface area contributed by atoms with Crippen molar-refractivity contribution in [2.24, 2.45) is 0 Å². The molecule has 1 rings (SSSR count). The van der Waals surface area contributed by atoms with E-state index in [0.717, 1.165) is 0 Å². The number of halogens is 2. The molecule has 1 aromatic rings. The second-order valence-corrected chi connectivity index (χ2v) is 4.19. The van der Waals surface area contributed by atoms with Crippen molar-refractivity contribution in [2.75, 3.05) is 13.1 Å². The third-order valence-corrected chi connectivity index (χ3v) is 3.15. The molecule has 0 unspecified atom stereocenters. The molecule has 0 fully saturated rings. The molecule has 0 bridgehead atoms. The zero-order valence-corrected chi connectivity index (χ0v) is 11.0. The van der Waals surface area contributed by atoms with E-state index in [1.165, 1.54) is 17.0 Å². The fraction of sp³-hybridized carbons (Fsp3) is 0.333. The minimum atomic E-state index is -0.466. The summed E-state index contributed by atoms with van der Waals surface area (Å²) in [4.78, 5) is 13.6. The van der Waals surface area contributed by atoms with Crippen LogP contribution in [0.1, 0.15) is 23.7 Å². The monoisotopic (exact) mass is 298 g/mol. The summed E-state index contributed by atoms with van der Waals surface area (Å²) in [5.74, 6) is -0.735. The summed E-state index contributed by atoms with van der Waals surface area (Å²) in [7, 11) is 0. The van der Waals surface area contributed by atoms with Crippen LogP contribution in [-0.4, -0.2) is 23.9 Å². The normalized spacial score (nSPS) is 9.76. The molecule has 17 heavy (non-hydrogen) atoms. The molecule has 0 heterocycles. The first kappa shape index (κ1) is 13.7. The van der Waals surface area contributed by atoms with Gasteiger partial charge in [0.05, 0.1) is 22.5 Å². The van der Waals surface area contributed by atoms with Crippen molar-refractivity contribution in [3.63, 3.8) is 0 Å². The second kappa shape index (κ2) is 6.36. The molecule has 5 heteroatoms. The van der Waals surface area contributed by atoms with E-state index in [0.29, 0.717) is 13.1 Å².